The Morgan fingerprint density at radius 3 is 2.59 bits per heavy atom. The number of nitrogens with zero attached hydrogens (tertiary/aromatic N) is 3. The fraction of sp³-hybridized carbons (Fsp3) is 0.615. The smallest absolute Gasteiger partial charge is 0.142 e. The number of hydrogen-bond donors (Lipinski definition) is 0. The molecule has 2 rings (SSSR count). The van der Waals surface area contributed by atoms with E-state index in [0.717, 1.165) is 42.4 Å². The zero-order valence-corrected chi connectivity index (χ0v) is 12.2. The summed E-state index contributed by atoms with van der Waals surface area (Å²) in [6.07, 6.45) is 1.86. The molecule has 3 nitrogen and oxygen atoms in total. The molecule has 0 saturated carbocycles. The third-order valence-electron chi connectivity index (χ3n) is 3.03. The van der Waals surface area contributed by atoms with Crippen LogP contribution in [0.2, 0.25) is 0 Å². The first kappa shape index (κ1) is 12.8. The normalized spacial score (nSPS) is 17.8. The maximum Gasteiger partial charge on any atom is 0.142 e. The second-order valence-corrected chi connectivity index (χ2v) is 5.84. The van der Waals surface area contributed by atoms with Crippen molar-refractivity contribution in [3.8, 4) is 0 Å². The van der Waals surface area contributed by atoms with Gasteiger partial charge in [-0.15, -0.1) is 0 Å². The maximum atomic E-state index is 4.45. The third kappa shape index (κ3) is 3.42. The van der Waals surface area contributed by atoms with E-state index in [1.807, 2.05) is 12.3 Å². The van der Waals surface area contributed by atoms with E-state index in [1.54, 1.807) is 0 Å². The van der Waals surface area contributed by atoms with Crippen molar-refractivity contribution in [3.05, 3.63) is 22.8 Å². The van der Waals surface area contributed by atoms with Crippen molar-refractivity contribution in [2.45, 2.75) is 13.8 Å². The minimum atomic E-state index is 0.753. The van der Waals surface area contributed by atoms with Gasteiger partial charge in [0.05, 0.1) is 4.47 Å². The van der Waals surface area contributed by atoms with Crippen molar-refractivity contribution in [1.82, 2.24) is 9.88 Å². The second kappa shape index (κ2) is 5.83. The molecule has 1 fully saturated rings. The minimum Gasteiger partial charge on any atom is -0.353 e. The minimum absolute atomic E-state index is 0.753. The molecule has 0 spiro atoms. The quantitative estimate of drug-likeness (QED) is 0.855. The highest BCUT2D eigenvalue weighted by Gasteiger charge is 2.19. The van der Waals surface area contributed by atoms with Gasteiger partial charge in [0.25, 0.3) is 0 Å². The molecule has 1 aromatic heterocycles. The number of anilines is 1. The zero-order valence-electron chi connectivity index (χ0n) is 10.6. The van der Waals surface area contributed by atoms with E-state index in [-0.39, 0.29) is 0 Å². The molecule has 0 aromatic carbocycles. The van der Waals surface area contributed by atoms with Crippen LogP contribution >= 0.6 is 15.9 Å². The predicted molar refractivity (Wildman–Crippen MR) is 75.4 cm³/mol. The molecule has 1 aromatic rings. The van der Waals surface area contributed by atoms with Gasteiger partial charge in [0, 0.05) is 38.9 Å². The molecule has 2 heterocycles. The van der Waals surface area contributed by atoms with Gasteiger partial charge in [-0.3, -0.25) is 4.90 Å². The fourth-order valence-electron chi connectivity index (χ4n) is 2.27. The van der Waals surface area contributed by atoms with Gasteiger partial charge >= 0.3 is 0 Å². The maximum absolute atomic E-state index is 4.45. The zero-order chi connectivity index (χ0) is 12.3. The molecule has 0 amide bonds. The van der Waals surface area contributed by atoms with Crippen molar-refractivity contribution in [3.63, 3.8) is 0 Å². The van der Waals surface area contributed by atoms with Crippen LogP contribution in [-0.4, -0.2) is 42.6 Å². The van der Waals surface area contributed by atoms with Crippen molar-refractivity contribution in [1.29, 1.82) is 0 Å². The van der Waals surface area contributed by atoms with E-state index in [0.29, 0.717) is 0 Å². The summed E-state index contributed by atoms with van der Waals surface area (Å²) in [5.74, 6) is 1.83. The summed E-state index contributed by atoms with van der Waals surface area (Å²) in [5.41, 5.74) is 0. The van der Waals surface area contributed by atoms with Crippen LogP contribution in [0.1, 0.15) is 13.8 Å². The number of pyridine rings is 1. The molecule has 17 heavy (non-hydrogen) atoms. The Morgan fingerprint density at radius 2 is 2.00 bits per heavy atom. The van der Waals surface area contributed by atoms with Gasteiger partial charge in [0.2, 0.25) is 0 Å². The molecular formula is C13H20BrN3. The molecule has 0 radical (unpaired) electrons. The fourth-order valence-corrected chi connectivity index (χ4v) is 2.77. The largest absolute Gasteiger partial charge is 0.353 e. The van der Waals surface area contributed by atoms with Crippen LogP contribution in [-0.2, 0) is 0 Å². The van der Waals surface area contributed by atoms with Crippen LogP contribution < -0.4 is 4.90 Å². The van der Waals surface area contributed by atoms with Crippen LogP contribution in [0, 0.1) is 5.92 Å². The van der Waals surface area contributed by atoms with Gasteiger partial charge in [0.1, 0.15) is 5.82 Å². The molecule has 0 N–H and O–H groups in total. The lowest BCUT2D eigenvalue weighted by Gasteiger charge is -2.36. The van der Waals surface area contributed by atoms with Gasteiger partial charge in [-0.2, -0.15) is 0 Å². The van der Waals surface area contributed by atoms with Crippen molar-refractivity contribution < 1.29 is 0 Å². The first-order valence-electron chi connectivity index (χ1n) is 6.24. The molecule has 1 aliphatic rings. The summed E-state index contributed by atoms with van der Waals surface area (Å²) >= 11 is 3.57. The van der Waals surface area contributed by atoms with Crippen molar-refractivity contribution >= 4 is 21.7 Å². The summed E-state index contributed by atoms with van der Waals surface area (Å²) in [6.45, 7) is 10.2. The molecule has 0 unspecified atom stereocenters. The summed E-state index contributed by atoms with van der Waals surface area (Å²) in [5, 5.41) is 0. The van der Waals surface area contributed by atoms with Crippen molar-refractivity contribution in [2.75, 3.05) is 37.6 Å². The monoisotopic (exact) mass is 297 g/mol. The molecule has 0 atom stereocenters. The van der Waals surface area contributed by atoms with Crippen molar-refractivity contribution in [2.24, 2.45) is 5.92 Å². The van der Waals surface area contributed by atoms with Crippen LogP contribution in [0.15, 0.2) is 22.8 Å². The summed E-state index contributed by atoms with van der Waals surface area (Å²) < 4.78 is 1.09. The second-order valence-electron chi connectivity index (χ2n) is 4.99. The van der Waals surface area contributed by atoms with E-state index < -0.39 is 0 Å². The Morgan fingerprint density at radius 1 is 1.29 bits per heavy atom. The van der Waals surface area contributed by atoms with Crippen LogP contribution in [0.25, 0.3) is 0 Å². The lowest BCUT2D eigenvalue weighted by Crippen LogP contribution is -2.47. The molecule has 94 valence electrons. The highest BCUT2D eigenvalue weighted by atomic mass is 79.9. The molecule has 4 heteroatoms. The first-order chi connectivity index (χ1) is 8.16. The standard InChI is InChI=1S/C13H20BrN3/c1-11(2)10-16-6-8-17(9-7-16)13-12(14)4-3-5-15-13/h3-5,11H,6-10H2,1-2H3. The summed E-state index contributed by atoms with van der Waals surface area (Å²) in [4.78, 5) is 9.35. The predicted octanol–water partition coefficient (Wildman–Crippen LogP) is 2.62. The van der Waals surface area contributed by atoms with E-state index in [2.05, 4.69) is 50.6 Å². The van der Waals surface area contributed by atoms with Gasteiger partial charge in [0.15, 0.2) is 0 Å². The van der Waals surface area contributed by atoms with E-state index in [1.165, 1.54) is 6.54 Å². The Hall–Kier alpha value is -0.610. The van der Waals surface area contributed by atoms with E-state index in [4.69, 9.17) is 0 Å². The van der Waals surface area contributed by atoms with Gasteiger partial charge < -0.3 is 4.90 Å². The first-order valence-corrected chi connectivity index (χ1v) is 7.04. The molecule has 0 aliphatic carbocycles. The molecule has 1 aliphatic heterocycles. The Labute approximate surface area is 112 Å². The Balaban J connectivity index is 1.93. The molecule has 0 bridgehead atoms. The number of hydrogen-bond acceptors (Lipinski definition) is 3. The van der Waals surface area contributed by atoms with Gasteiger partial charge in [-0.25, -0.2) is 4.98 Å². The summed E-state index contributed by atoms with van der Waals surface area (Å²) in [7, 11) is 0. The lowest BCUT2D eigenvalue weighted by atomic mass is 10.2. The number of halogens is 1. The SMILES string of the molecule is CC(C)CN1CCN(c2ncccc2Br)CC1. The molecule has 1 saturated heterocycles. The van der Waals surface area contributed by atoms with Crippen LogP contribution in [0.4, 0.5) is 5.82 Å². The van der Waals surface area contributed by atoms with Crippen LogP contribution in [0.5, 0.6) is 0 Å². The van der Waals surface area contributed by atoms with Crippen LogP contribution in [0.3, 0.4) is 0 Å². The Kier molecular flexibility index (Phi) is 4.40. The average molecular weight is 298 g/mol. The highest BCUT2D eigenvalue weighted by molar-refractivity contribution is 9.10. The topological polar surface area (TPSA) is 19.4 Å². The van der Waals surface area contributed by atoms with E-state index >= 15 is 0 Å². The summed E-state index contributed by atoms with van der Waals surface area (Å²) in [6, 6.07) is 4.02. The number of aromatic nitrogens is 1. The third-order valence-corrected chi connectivity index (χ3v) is 3.65. The number of rotatable bonds is 3. The number of piperazine rings is 1. The average Bonchev–Trinajstić information content (AvgIpc) is 2.30. The highest BCUT2D eigenvalue weighted by Crippen LogP contribution is 2.23. The molecular weight excluding hydrogens is 278 g/mol. The van der Waals surface area contributed by atoms with Gasteiger partial charge in [-0.05, 0) is 34.0 Å². The van der Waals surface area contributed by atoms with E-state index in [9.17, 15) is 0 Å². The lowest BCUT2D eigenvalue weighted by molar-refractivity contribution is 0.231. The van der Waals surface area contributed by atoms with Gasteiger partial charge in [-0.1, -0.05) is 13.8 Å². The Bertz CT molecular complexity index is 359.